The first-order valence-corrected chi connectivity index (χ1v) is 10.1. The van der Waals surface area contributed by atoms with Crippen LogP contribution in [0.2, 0.25) is 0 Å². The molecule has 33 heavy (non-hydrogen) atoms. The molecule has 1 aromatic rings. The first kappa shape index (κ1) is 25.3. The summed E-state index contributed by atoms with van der Waals surface area (Å²) in [5, 5.41) is 49.7. The maximum atomic E-state index is 12.1. The molecule has 2 fully saturated rings. The van der Waals surface area contributed by atoms with E-state index in [9.17, 15) is 30.3 Å². The second-order valence-electron chi connectivity index (χ2n) is 7.51. The van der Waals surface area contributed by atoms with E-state index in [0.29, 0.717) is 5.56 Å². The van der Waals surface area contributed by atoms with Crippen molar-refractivity contribution in [1.82, 2.24) is 0 Å². The number of carbonyl (C=O) groups is 1. The highest BCUT2D eigenvalue weighted by atomic mass is 16.7. The SMILES string of the molecule is COc1cc(/C=C/C(=O)OC[C@@H]2O[C@@H](O[C@@H]3[C@@H](O)[C@H](O)OC[C@H]3O)[C@H](OC)[C@H]2O)ccc1O. The van der Waals surface area contributed by atoms with Gasteiger partial charge >= 0.3 is 5.97 Å². The van der Waals surface area contributed by atoms with Crippen molar-refractivity contribution in [3.8, 4) is 11.5 Å². The van der Waals surface area contributed by atoms with Gasteiger partial charge in [0.1, 0.15) is 43.2 Å². The van der Waals surface area contributed by atoms with Crippen molar-refractivity contribution in [3.63, 3.8) is 0 Å². The van der Waals surface area contributed by atoms with E-state index >= 15 is 0 Å². The third kappa shape index (κ3) is 5.99. The minimum Gasteiger partial charge on any atom is -0.504 e. The number of phenols is 1. The van der Waals surface area contributed by atoms with Gasteiger partial charge < -0.3 is 54.0 Å². The summed E-state index contributed by atoms with van der Waals surface area (Å²) in [5.41, 5.74) is 0.586. The Balaban J connectivity index is 1.56. The number of esters is 1. The van der Waals surface area contributed by atoms with Crippen LogP contribution >= 0.6 is 0 Å². The third-order valence-electron chi connectivity index (χ3n) is 5.31. The van der Waals surface area contributed by atoms with Crippen molar-refractivity contribution in [2.75, 3.05) is 27.4 Å². The molecule has 2 aliphatic heterocycles. The molecule has 2 saturated heterocycles. The zero-order valence-electron chi connectivity index (χ0n) is 18.0. The van der Waals surface area contributed by atoms with Gasteiger partial charge in [0, 0.05) is 13.2 Å². The molecular weight excluding hydrogens is 444 g/mol. The van der Waals surface area contributed by atoms with Gasteiger partial charge in [0.25, 0.3) is 0 Å². The Morgan fingerprint density at radius 1 is 1.15 bits per heavy atom. The predicted molar refractivity (Wildman–Crippen MR) is 109 cm³/mol. The van der Waals surface area contributed by atoms with Gasteiger partial charge in [-0.15, -0.1) is 0 Å². The minimum absolute atomic E-state index is 0.0376. The molecule has 3 rings (SSSR count). The zero-order valence-corrected chi connectivity index (χ0v) is 18.0. The fourth-order valence-electron chi connectivity index (χ4n) is 3.48. The van der Waals surface area contributed by atoms with Crippen LogP contribution < -0.4 is 4.74 Å². The number of carbonyl (C=O) groups excluding carboxylic acids is 1. The van der Waals surface area contributed by atoms with Crippen molar-refractivity contribution < 1.29 is 58.7 Å². The van der Waals surface area contributed by atoms with Crippen LogP contribution in [0.3, 0.4) is 0 Å². The Hall–Kier alpha value is -2.29. The van der Waals surface area contributed by atoms with Crippen LogP contribution in [0.25, 0.3) is 6.08 Å². The molecule has 12 nitrogen and oxygen atoms in total. The fourth-order valence-corrected chi connectivity index (χ4v) is 3.48. The summed E-state index contributed by atoms with van der Waals surface area (Å²) in [6.45, 7) is -0.597. The van der Waals surface area contributed by atoms with Gasteiger partial charge in [0.2, 0.25) is 0 Å². The van der Waals surface area contributed by atoms with E-state index in [4.69, 9.17) is 28.4 Å². The molecule has 0 spiro atoms. The molecule has 8 atom stereocenters. The quantitative estimate of drug-likeness (QED) is 0.219. The second-order valence-corrected chi connectivity index (χ2v) is 7.51. The standard InChI is InChI=1S/C21H28O12/c1-28-13-7-10(3-5-11(13)22)4-6-15(24)30-9-14-16(25)19(29-2)21(32-14)33-18-12(23)8-31-20(27)17(18)26/h3-7,12,14,16-23,25-27H,8-9H2,1-2H3/b6-4+/t12-,14+,16+,17-,18+,19-,20-,21+/m1/s1. The first-order chi connectivity index (χ1) is 15.7. The van der Waals surface area contributed by atoms with Crippen molar-refractivity contribution in [2.24, 2.45) is 0 Å². The van der Waals surface area contributed by atoms with E-state index < -0.39 is 55.2 Å². The van der Waals surface area contributed by atoms with Crippen LogP contribution in [0.15, 0.2) is 24.3 Å². The summed E-state index contributed by atoms with van der Waals surface area (Å²) >= 11 is 0. The van der Waals surface area contributed by atoms with Gasteiger partial charge in [-0.2, -0.15) is 0 Å². The van der Waals surface area contributed by atoms with E-state index in [0.717, 1.165) is 6.08 Å². The van der Waals surface area contributed by atoms with Crippen LogP contribution in [-0.4, -0.2) is 108 Å². The van der Waals surface area contributed by atoms with Crippen LogP contribution in [0.1, 0.15) is 5.56 Å². The van der Waals surface area contributed by atoms with Crippen molar-refractivity contribution in [1.29, 1.82) is 0 Å². The number of methoxy groups -OCH3 is 2. The predicted octanol–water partition coefficient (Wildman–Crippen LogP) is -1.49. The van der Waals surface area contributed by atoms with Crippen LogP contribution in [0.5, 0.6) is 11.5 Å². The largest absolute Gasteiger partial charge is 0.504 e. The number of hydrogen-bond donors (Lipinski definition) is 5. The summed E-state index contributed by atoms with van der Waals surface area (Å²) in [7, 11) is 2.71. The topological polar surface area (TPSA) is 174 Å². The zero-order chi connectivity index (χ0) is 24.1. The highest BCUT2D eigenvalue weighted by Crippen LogP contribution is 2.29. The molecule has 0 aliphatic carbocycles. The van der Waals surface area contributed by atoms with Crippen LogP contribution in [-0.2, 0) is 28.5 Å². The van der Waals surface area contributed by atoms with Crippen molar-refractivity contribution in [3.05, 3.63) is 29.8 Å². The lowest BCUT2D eigenvalue weighted by Crippen LogP contribution is -2.56. The fraction of sp³-hybridized carbons (Fsp3) is 0.571. The first-order valence-electron chi connectivity index (χ1n) is 10.1. The second kappa shape index (κ2) is 11.2. The molecule has 1 aromatic carbocycles. The highest BCUT2D eigenvalue weighted by molar-refractivity contribution is 5.87. The normalized spacial score (nSPS) is 34.5. The number of ether oxygens (including phenoxy) is 6. The van der Waals surface area contributed by atoms with E-state index in [1.54, 1.807) is 6.07 Å². The molecular formula is C21H28O12. The van der Waals surface area contributed by atoms with Crippen molar-refractivity contribution in [2.45, 2.75) is 49.2 Å². The molecule has 2 heterocycles. The maximum absolute atomic E-state index is 12.1. The summed E-state index contributed by atoms with van der Waals surface area (Å²) in [4.78, 5) is 12.1. The van der Waals surface area contributed by atoms with Gasteiger partial charge in [-0.3, -0.25) is 0 Å². The van der Waals surface area contributed by atoms with Gasteiger partial charge in [0.05, 0.1) is 13.7 Å². The molecule has 0 bridgehead atoms. The van der Waals surface area contributed by atoms with Crippen LogP contribution in [0, 0.1) is 0 Å². The molecule has 0 aromatic heterocycles. The summed E-state index contributed by atoms with van der Waals surface area (Å²) in [5.74, 6) is -0.504. The number of aliphatic hydroxyl groups excluding tert-OH is 4. The lowest BCUT2D eigenvalue weighted by molar-refractivity contribution is -0.299. The highest BCUT2D eigenvalue weighted by Gasteiger charge is 2.49. The van der Waals surface area contributed by atoms with Crippen LogP contribution in [0.4, 0.5) is 0 Å². The van der Waals surface area contributed by atoms with E-state index in [-0.39, 0.29) is 24.7 Å². The minimum atomic E-state index is -1.55. The molecule has 5 N–H and O–H groups in total. The average molecular weight is 472 g/mol. The molecule has 0 radical (unpaired) electrons. The Labute approximate surface area is 189 Å². The Kier molecular flexibility index (Phi) is 8.62. The molecule has 12 heteroatoms. The lowest BCUT2D eigenvalue weighted by atomic mass is 10.0. The number of hydrogen-bond acceptors (Lipinski definition) is 12. The maximum Gasteiger partial charge on any atom is 0.330 e. The number of aromatic hydroxyl groups is 1. The lowest BCUT2D eigenvalue weighted by Gasteiger charge is -2.37. The monoisotopic (exact) mass is 472 g/mol. The number of rotatable bonds is 8. The van der Waals surface area contributed by atoms with E-state index in [2.05, 4.69) is 0 Å². The number of benzene rings is 1. The van der Waals surface area contributed by atoms with E-state index in [1.165, 1.54) is 32.4 Å². The van der Waals surface area contributed by atoms with Gasteiger partial charge in [0.15, 0.2) is 24.1 Å². The smallest absolute Gasteiger partial charge is 0.330 e. The Bertz CT molecular complexity index is 829. The molecule has 184 valence electrons. The summed E-state index contributed by atoms with van der Waals surface area (Å²) in [6.07, 6.45) is -7.46. The van der Waals surface area contributed by atoms with E-state index in [1.807, 2.05) is 0 Å². The third-order valence-corrected chi connectivity index (χ3v) is 5.31. The molecule has 0 unspecified atom stereocenters. The van der Waals surface area contributed by atoms with Gasteiger partial charge in [-0.05, 0) is 23.8 Å². The van der Waals surface area contributed by atoms with Crippen molar-refractivity contribution >= 4 is 12.0 Å². The Morgan fingerprint density at radius 3 is 2.61 bits per heavy atom. The number of aliphatic hydroxyl groups is 4. The molecule has 0 saturated carbocycles. The van der Waals surface area contributed by atoms with Gasteiger partial charge in [-0.1, -0.05) is 6.07 Å². The van der Waals surface area contributed by atoms with Gasteiger partial charge in [-0.25, -0.2) is 4.79 Å². The Morgan fingerprint density at radius 2 is 1.91 bits per heavy atom. The molecule has 2 aliphatic rings. The number of phenolic OH excluding ortho intramolecular Hbond substituents is 1. The summed E-state index contributed by atoms with van der Waals surface area (Å²) in [6, 6.07) is 4.53. The molecule has 0 amide bonds. The summed E-state index contributed by atoms with van der Waals surface area (Å²) < 4.78 is 31.3. The average Bonchev–Trinajstić information content (AvgIpc) is 3.11.